The third-order valence-electron chi connectivity index (χ3n) is 6.44. The van der Waals surface area contributed by atoms with Crippen molar-refractivity contribution in [3.63, 3.8) is 0 Å². The molecule has 3 aliphatic heterocycles. The van der Waals surface area contributed by atoms with Gasteiger partial charge in [-0.05, 0) is 80.8 Å². The second-order valence-electron chi connectivity index (χ2n) is 8.87. The van der Waals surface area contributed by atoms with E-state index in [0.717, 1.165) is 54.1 Å². The van der Waals surface area contributed by atoms with Gasteiger partial charge in [-0.1, -0.05) is 17.7 Å². The number of aromatic nitrogens is 1. The van der Waals surface area contributed by atoms with Crippen LogP contribution >= 0.6 is 23.4 Å². The van der Waals surface area contributed by atoms with Crippen LogP contribution in [0.25, 0.3) is 11.8 Å². The molecule has 1 saturated heterocycles. The van der Waals surface area contributed by atoms with Crippen LogP contribution in [0.2, 0.25) is 5.02 Å². The van der Waals surface area contributed by atoms with E-state index < -0.39 is 5.91 Å². The first-order valence-corrected chi connectivity index (χ1v) is 12.6. The summed E-state index contributed by atoms with van der Waals surface area (Å²) in [4.78, 5) is 31.4. The van der Waals surface area contributed by atoms with Crippen molar-refractivity contribution in [1.82, 2.24) is 14.5 Å². The largest absolute Gasteiger partial charge is 0.342 e. The van der Waals surface area contributed by atoms with Crippen molar-refractivity contribution in [2.45, 2.75) is 40.0 Å². The molecule has 4 heterocycles. The number of fused-ring (bicyclic) bond motifs is 1. The molecule has 2 amide bonds. The summed E-state index contributed by atoms with van der Waals surface area (Å²) in [5.74, 6) is -0.509. The lowest BCUT2D eigenvalue weighted by Crippen LogP contribution is -2.35. The standard InChI is InChI=1S/C25H25ClN6O2S/c1-14-6-7-18(12-20(14)26)31-15(2)10-17(16(31)3)11-19-23(27)32-25(28-24(19)34)35-21(29-32)13-22(33)30-8-4-5-9-30/h6-7,10-12,27H,4-5,8-9,13H2,1-3H3/b19-11-,27-23?. The second-order valence-corrected chi connectivity index (χ2v) is 10.3. The predicted molar refractivity (Wildman–Crippen MR) is 140 cm³/mol. The highest BCUT2D eigenvalue weighted by Gasteiger charge is 2.36. The molecule has 0 unspecified atom stereocenters. The number of rotatable bonds is 4. The van der Waals surface area contributed by atoms with Gasteiger partial charge in [0.05, 0.1) is 12.0 Å². The van der Waals surface area contributed by atoms with Crippen LogP contribution in [-0.4, -0.2) is 55.4 Å². The molecule has 0 spiro atoms. The molecule has 0 aliphatic carbocycles. The van der Waals surface area contributed by atoms with Crippen molar-refractivity contribution in [3.05, 3.63) is 57.4 Å². The maximum absolute atomic E-state index is 12.9. The number of benzene rings is 1. The van der Waals surface area contributed by atoms with Gasteiger partial charge >= 0.3 is 0 Å². The molecule has 0 saturated carbocycles. The highest BCUT2D eigenvalue weighted by atomic mass is 35.5. The van der Waals surface area contributed by atoms with Crippen molar-refractivity contribution < 1.29 is 9.59 Å². The van der Waals surface area contributed by atoms with Gasteiger partial charge in [0, 0.05) is 35.2 Å². The molecule has 5 rings (SSSR count). The number of carbonyl (C=O) groups is 2. The Morgan fingerprint density at radius 2 is 1.94 bits per heavy atom. The van der Waals surface area contributed by atoms with Gasteiger partial charge in [0.1, 0.15) is 5.04 Å². The number of nitrogens with one attached hydrogen (secondary N) is 1. The molecule has 0 bridgehead atoms. The van der Waals surface area contributed by atoms with E-state index in [2.05, 4.69) is 14.7 Å². The van der Waals surface area contributed by atoms with Crippen LogP contribution in [0.5, 0.6) is 0 Å². The number of likely N-dealkylation sites (tertiary alicyclic amines) is 1. The lowest BCUT2D eigenvalue weighted by molar-refractivity contribution is -0.128. The fraction of sp³-hybridized carbons (Fsp3) is 0.320. The fourth-order valence-corrected chi connectivity index (χ4v) is 5.57. The van der Waals surface area contributed by atoms with E-state index >= 15 is 0 Å². The molecular formula is C25H25ClN6O2S. The Labute approximate surface area is 212 Å². The Morgan fingerprint density at radius 3 is 2.66 bits per heavy atom. The van der Waals surface area contributed by atoms with E-state index in [9.17, 15) is 9.59 Å². The third kappa shape index (κ3) is 4.34. The van der Waals surface area contributed by atoms with E-state index in [1.807, 2.05) is 49.9 Å². The van der Waals surface area contributed by atoms with Gasteiger partial charge in [0.15, 0.2) is 5.84 Å². The summed E-state index contributed by atoms with van der Waals surface area (Å²) >= 11 is 7.52. The van der Waals surface area contributed by atoms with Crippen LogP contribution in [0.4, 0.5) is 0 Å². The molecule has 1 N–H and O–H groups in total. The van der Waals surface area contributed by atoms with Crippen LogP contribution < -0.4 is 0 Å². The van der Waals surface area contributed by atoms with E-state index in [-0.39, 0.29) is 23.7 Å². The minimum atomic E-state index is -0.487. The molecular weight excluding hydrogens is 484 g/mol. The molecule has 10 heteroatoms. The number of amides is 2. The summed E-state index contributed by atoms with van der Waals surface area (Å²) in [6.07, 6.45) is 3.89. The number of carbonyl (C=O) groups excluding carboxylic acids is 2. The topological polar surface area (TPSA) is 94.1 Å². The van der Waals surface area contributed by atoms with Gasteiger partial charge in [0.2, 0.25) is 11.1 Å². The van der Waals surface area contributed by atoms with Crippen molar-refractivity contribution in [2.75, 3.05) is 13.1 Å². The van der Waals surface area contributed by atoms with Gasteiger partial charge in [0.25, 0.3) is 5.91 Å². The summed E-state index contributed by atoms with van der Waals surface area (Å²) in [5.41, 5.74) is 4.80. The maximum Gasteiger partial charge on any atom is 0.283 e. The molecule has 8 nitrogen and oxygen atoms in total. The quantitative estimate of drug-likeness (QED) is 0.606. The van der Waals surface area contributed by atoms with Crippen LogP contribution in [0.1, 0.15) is 41.8 Å². The van der Waals surface area contributed by atoms with Gasteiger partial charge in [-0.15, -0.1) is 0 Å². The van der Waals surface area contributed by atoms with Crippen molar-refractivity contribution >= 4 is 57.3 Å². The van der Waals surface area contributed by atoms with E-state index in [0.29, 0.717) is 15.2 Å². The van der Waals surface area contributed by atoms with Gasteiger partial charge in [-0.2, -0.15) is 15.1 Å². The molecule has 1 aromatic carbocycles. The summed E-state index contributed by atoms with van der Waals surface area (Å²) in [7, 11) is 0. The van der Waals surface area contributed by atoms with E-state index in [4.69, 9.17) is 17.0 Å². The zero-order valence-electron chi connectivity index (χ0n) is 19.8. The molecule has 35 heavy (non-hydrogen) atoms. The average molecular weight is 509 g/mol. The van der Waals surface area contributed by atoms with E-state index in [1.165, 1.54) is 16.8 Å². The highest BCUT2D eigenvalue weighted by Crippen LogP contribution is 2.31. The first kappa shape index (κ1) is 23.6. The summed E-state index contributed by atoms with van der Waals surface area (Å²) < 4.78 is 2.06. The molecule has 0 radical (unpaired) electrons. The van der Waals surface area contributed by atoms with Crippen molar-refractivity contribution in [2.24, 2.45) is 10.1 Å². The van der Waals surface area contributed by atoms with Gasteiger partial charge < -0.3 is 9.47 Å². The third-order valence-corrected chi connectivity index (χ3v) is 7.76. The number of hydrogen-bond acceptors (Lipinski definition) is 5. The number of hydrogen-bond donors (Lipinski definition) is 1. The van der Waals surface area contributed by atoms with Crippen molar-refractivity contribution in [1.29, 1.82) is 5.41 Å². The molecule has 1 aromatic heterocycles. The monoisotopic (exact) mass is 508 g/mol. The van der Waals surface area contributed by atoms with E-state index in [1.54, 1.807) is 6.08 Å². The average Bonchev–Trinajstić information content (AvgIpc) is 3.53. The fourth-order valence-electron chi connectivity index (χ4n) is 4.52. The molecule has 0 atom stereocenters. The number of aryl methyl sites for hydroxylation is 2. The summed E-state index contributed by atoms with van der Waals surface area (Å²) in [6.45, 7) is 7.45. The minimum absolute atomic E-state index is 0.0199. The first-order valence-electron chi connectivity index (χ1n) is 11.5. The normalized spacial score (nSPS) is 18.9. The molecule has 2 aromatic rings. The minimum Gasteiger partial charge on any atom is -0.342 e. The zero-order valence-corrected chi connectivity index (χ0v) is 21.3. The number of aliphatic imine (C=N–C) groups is 1. The number of nitrogens with zero attached hydrogens (tertiary/aromatic N) is 5. The van der Waals surface area contributed by atoms with Gasteiger partial charge in [-0.3, -0.25) is 15.0 Å². The highest BCUT2D eigenvalue weighted by molar-refractivity contribution is 8.27. The smallest absolute Gasteiger partial charge is 0.283 e. The van der Waals surface area contributed by atoms with Crippen LogP contribution in [0, 0.1) is 26.2 Å². The summed E-state index contributed by atoms with van der Waals surface area (Å²) in [5, 5.41) is 16.0. The zero-order chi connectivity index (χ0) is 24.9. The molecule has 1 fully saturated rings. The Morgan fingerprint density at radius 1 is 1.20 bits per heavy atom. The number of amidine groups is 2. The SMILES string of the molecule is Cc1ccc(-n2c(C)cc(/C=C3/C(=N)N4N=C(CC(=O)N5CCCC5)SC4=NC3=O)c2C)cc1Cl. The Balaban J connectivity index is 1.42. The van der Waals surface area contributed by atoms with Crippen LogP contribution in [-0.2, 0) is 9.59 Å². The first-order chi connectivity index (χ1) is 16.7. The maximum atomic E-state index is 12.9. The second kappa shape index (κ2) is 9.13. The Kier molecular flexibility index (Phi) is 6.14. The van der Waals surface area contributed by atoms with Crippen LogP contribution in [0.3, 0.4) is 0 Å². The molecule has 180 valence electrons. The van der Waals surface area contributed by atoms with Crippen LogP contribution in [0.15, 0.2) is 39.9 Å². The lowest BCUT2D eigenvalue weighted by atomic mass is 10.1. The Hall–Kier alpha value is -3.17. The Bertz CT molecular complexity index is 1370. The number of halogens is 1. The lowest BCUT2D eigenvalue weighted by Gasteiger charge is -2.20. The number of thioether (sulfide) groups is 1. The van der Waals surface area contributed by atoms with Crippen molar-refractivity contribution in [3.8, 4) is 5.69 Å². The molecule has 3 aliphatic rings. The number of hydrazone groups is 1. The van der Waals surface area contributed by atoms with Gasteiger partial charge in [-0.25, -0.2) is 0 Å². The summed E-state index contributed by atoms with van der Waals surface area (Å²) in [6, 6.07) is 7.86. The predicted octanol–water partition coefficient (Wildman–Crippen LogP) is 4.69.